The smallest absolute Gasteiger partial charge is 0.184 e. The zero-order chi connectivity index (χ0) is 10.7. The molecule has 0 aliphatic heterocycles. The number of fused-ring (bicyclic) bond motifs is 1. The van der Waals surface area contributed by atoms with E-state index in [0.29, 0.717) is 0 Å². The van der Waals surface area contributed by atoms with Crippen molar-refractivity contribution in [1.29, 1.82) is 0 Å². The maximum atomic E-state index is 5.24. The molecule has 2 aromatic rings. The van der Waals surface area contributed by atoms with Crippen LogP contribution in [0.2, 0.25) is 0 Å². The van der Waals surface area contributed by atoms with Gasteiger partial charge in [0.1, 0.15) is 5.69 Å². The molecule has 0 bridgehead atoms. The molecule has 0 saturated heterocycles. The Balaban J connectivity index is 2.31. The van der Waals surface area contributed by atoms with Crippen LogP contribution in [-0.4, -0.2) is 16.3 Å². The Hall–Kier alpha value is -1.53. The number of aromatic nitrogens is 1. The fourth-order valence-corrected chi connectivity index (χ4v) is 2.07. The van der Waals surface area contributed by atoms with E-state index in [4.69, 9.17) is 5.73 Å². The summed E-state index contributed by atoms with van der Waals surface area (Å²) in [6.07, 6.45) is 3.36. The number of nitrogens with one attached hydrogen (secondary N) is 1. The van der Waals surface area contributed by atoms with Gasteiger partial charge in [-0.15, -0.1) is 11.3 Å². The molecule has 0 spiro atoms. The van der Waals surface area contributed by atoms with Crippen LogP contribution in [0.1, 0.15) is 5.69 Å². The average Bonchev–Trinajstić information content (AvgIpc) is 2.65. The Bertz CT molecular complexity index is 518. The topological polar surface area (TPSA) is 63.3 Å². The van der Waals surface area contributed by atoms with Crippen LogP contribution in [-0.2, 0) is 0 Å². The summed E-state index contributed by atoms with van der Waals surface area (Å²) in [5.41, 5.74) is 8.54. The van der Waals surface area contributed by atoms with Gasteiger partial charge in [-0.3, -0.25) is 10.4 Å². The Morgan fingerprint density at radius 2 is 2.47 bits per heavy atom. The molecule has 3 N–H and O–H groups in total. The number of hydrogen-bond donors (Lipinski definition) is 2. The van der Waals surface area contributed by atoms with Crippen LogP contribution in [0, 0.1) is 0 Å². The van der Waals surface area contributed by atoms with Gasteiger partial charge in [-0.25, -0.2) is 0 Å². The third-order valence-electron chi connectivity index (χ3n) is 1.76. The van der Waals surface area contributed by atoms with Gasteiger partial charge in [0.25, 0.3) is 0 Å². The second kappa shape index (κ2) is 4.33. The summed E-state index contributed by atoms with van der Waals surface area (Å²) in [5, 5.41) is 7.19. The molecule has 2 heterocycles. The molecule has 0 unspecified atom stereocenters. The Morgan fingerprint density at radius 1 is 1.60 bits per heavy atom. The van der Waals surface area contributed by atoms with Crippen LogP contribution < -0.4 is 11.2 Å². The summed E-state index contributed by atoms with van der Waals surface area (Å²) in [6, 6.07) is 4.00. The average molecular weight is 236 g/mol. The molecule has 0 fully saturated rings. The Morgan fingerprint density at radius 3 is 3.27 bits per heavy atom. The van der Waals surface area contributed by atoms with Crippen LogP contribution in [0.4, 0.5) is 0 Å². The minimum atomic E-state index is 0.143. The highest BCUT2D eigenvalue weighted by Crippen LogP contribution is 2.21. The number of pyridine rings is 1. The van der Waals surface area contributed by atoms with E-state index in [9.17, 15) is 0 Å². The van der Waals surface area contributed by atoms with Crippen molar-refractivity contribution < 1.29 is 0 Å². The molecule has 0 aliphatic rings. The number of thiophene rings is 1. The van der Waals surface area contributed by atoms with Gasteiger partial charge < -0.3 is 5.73 Å². The molecule has 4 nitrogen and oxygen atoms in total. The van der Waals surface area contributed by atoms with Gasteiger partial charge >= 0.3 is 0 Å². The van der Waals surface area contributed by atoms with Gasteiger partial charge in [-0.2, -0.15) is 5.10 Å². The van der Waals surface area contributed by atoms with Crippen LogP contribution in [0.5, 0.6) is 0 Å². The van der Waals surface area contributed by atoms with E-state index in [1.54, 1.807) is 23.7 Å². The minimum Gasteiger partial charge on any atom is -0.375 e. The van der Waals surface area contributed by atoms with Crippen molar-refractivity contribution in [2.75, 3.05) is 0 Å². The molecule has 2 rings (SSSR count). The largest absolute Gasteiger partial charge is 0.375 e. The third-order valence-corrected chi connectivity index (χ3v) is 2.80. The lowest BCUT2D eigenvalue weighted by atomic mass is 10.3. The van der Waals surface area contributed by atoms with Crippen molar-refractivity contribution in [1.82, 2.24) is 10.4 Å². The molecule has 0 aromatic carbocycles. The number of thiocarbonyl (C=S) groups is 1. The van der Waals surface area contributed by atoms with E-state index in [2.05, 4.69) is 27.7 Å². The van der Waals surface area contributed by atoms with Crippen molar-refractivity contribution in [3.05, 3.63) is 29.4 Å². The number of hydrazone groups is 1. The van der Waals surface area contributed by atoms with Crippen molar-refractivity contribution in [2.24, 2.45) is 10.8 Å². The summed E-state index contributed by atoms with van der Waals surface area (Å²) < 4.78 is 1.10. The predicted molar refractivity (Wildman–Crippen MR) is 67.1 cm³/mol. The lowest BCUT2D eigenvalue weighted by molar-refractivity contribution is 1.04. The molecule has 2 aromatic heterocycles. The number of hydrogen-bond acceptors (Lipinski definition) is 4. The molecule has 0 amide bonds. The molecule has 0 atom stereocenters. The maximum absolute atomic E-state index is 5.24. The standard InChI is InChI=1S/C9H8N4S2/c10-9(14)13-12-5-7-8-6(1-3-11-7)2-4-15-8/h1-5H,(H3,10,13,14)/b12-5-. The summed E-state index contributed by atoms with van der Waals surface area (Å²) in [6.45, 7) is 0. The SMILES string of the molecule is NC(=S)N/N=C\c1nccc2ccsc12. The first-order valence-corrected chi connectivity index (χ1v) is 5.47. The number of rotatable bonds is 2. The van der Waals surface area contributed by atoms with Gasteiger partial charge in [0.15, 0.2) is 5.11 Å². The normalized spacial score (nSPS) is 10.9. The van der Waals surface area contributed by atoms with E-state index in [1.165, 1.54) is 0 Å². The van der Waals surface area contributed by atoms with Crippen molar-refractivity contribution >= 4 is 45.0 Å². The predicted octanol–water partition coefficient (Wildman–Crippen LogP) is 1.46. The zero-order valence-corrected chi connectivity index (χ0v) is 9.31. The monoisotopic (exact) mass is 236 g/mol. The van der Waals surface area contributed by atoms with Crippen molar-refractivity contribution in [3.8, 4) is 0 Å². The second-order valence-corrected chi connectivity index (χ2v) is 4.13. The van der Waals surface area contributed by atoms with Crippen LogP contribution >= 0.6 is 23.6 Å². The van der Waals surface area contributed by atoms with Crippen LogP contribution in [0.3, 0.4) is 0 Å². The van der Waals surface area contributed by atoms with Gasteiger partial charge in [0, 0.05) is 6.20 Å². The summed E-state index contributed by atoms with van der Waals surface area (Å²) in [4.78, 5) is 4.21. The highest BCUT2D eigenvalue weighted by molar-refractivity contribution is 7.80. The fraction of sp³-hybridized carbons (Fsp3) is 0. The lowest BCUT2D eigenvalue weighted by Gasteiger charge is -1.95. The summed E-state index contributed by atoms with van der Waals surface area (Å²) >= 11 is 6.25. The van der Waals surface area contributed by atoms with Gasteiger partial charge in [0.05, 0.1) is 10.9 Å². The Kier molecular flexibility index (Phi) is 2.89. The highest BCUT2D eigenvalue weighted by atomic mass is 32.1. The van der Waals surface area contributed by atoms with Crippen molar-refractivity contribution in [2.45, 2.75) is 0 Å². The van der Waals surface area contributed by atoms with E-state index >= 15 is 0 Å². The first kappa shape index (κ1) is 10.0. The lowest BCUT2D eigenvalue weighted by Crippen LogP contribution is -2.24. The van der Waals surface area contributed by atoms with E-state index in [1.807, 2.05) is 17.5 Å². The molecular weight excluding hydrogens is 228 g/mol. The highest BCUT2D eigenvalue weighted by Gasteiger charge is 2.00. The Labute approximate surface area is 95.8 Å². The second-order valence-electron chi connectivity index (χ2n) is 2.77. The zero-order valence-electron chi connectivity index (χ0n) is 7.68. The first-order chi connectivity index (χ1) is 7.27. The van der Waals surface area contributed by atoms with E-state index in [0.717, 1.165) is 15.8 Å². The van der Waals surface area contributed by atoms with Gasteiger partial charge in [0.2, 0.25) is 0 Å². The molecule has 15 heavy (non-hydrogen) atoms. The van der Waals surface area contributed by atoms with Gasteiger partial charge in [-0.1, -0.05) is 0 Å². The fourth-order valence-electron chi connectivity index (χ4n) is 1.16. The molecular formula is C9H8N4S2. The quantitative estimate of drug-likeness (QED) is 0.471. The summed E-state index contributed by atoms with van der Waals surface area (Å²) in [7, 11) is 0. The van der Waals surface area contributed by atoms with E-state index < -0.39 is 0 Å². The molecule has 6 heteroatoms. The molecule has 0 radical (unpaired) electrons. The third kappa shape index (κ3) is 2.28. The number of nitrogens with two attached hydrogens (primary N) is 1. The minimum absolute atomic E-state index is 0.143. The maximum Gasteiger partial charge on any atom is 0.184 e. The van der Waals surface area contributed by atoms with Crippen molar-refractivity contribution in [3.63, 3.8) is 0 Å². The van der Waals surface area contributed by atoms with E-state index in [-0.39, 0.29) is 5.11 Å². The van der Waals surface area contributed by atoms with Gasteiger partial charge in [-0.05, 0) is 35.1 Å². The molecule has 76 valence electrons. The first-order valence-electron chi connectivity index (χ1n) is 4.18. The van der Waals surface area contributed by atoms with Crippen LogP contribution in [0.25, 0.3) is 10.1 Å². The summed E-state index contributed by atoms with van der Waals surface area (Å²) in [5.74, 6) is 0. The molecule has 0 aliphatic carbocycles. The number of nitrogens with zero attached hydrogens (tertiary/aromatic N) is 2. The van der Waals surface area contributed by atoms with Crippen LogP contribution in [0.15, 0.2) is 28.8 Å². The molecule has 0 saturated carbocycles.